The minimum atomic E-state index is -0.324. The number of para-hydroxylation sites is 1. The van der Waals surface area contributed by atoms with Crippen LogP contribution in [0.5, 0.6) is 5.75 Å². The van der Waals surface area contributed by atoms with E-state index in [4.69, 9.17) is 10.5 Å². The van der Waals surface area contributed by atoms with Gasteiger partial charge in [-0.1, -0.05) is 24.3 Å². The lowest BCUT2D eigenvalue weighted by Gasteiger charge is -2.12. The van der Waals surface area contributed by atoms with E-state index in [2.05, 4.69) is 10.6 Å². The van der Waals surface area contributed by atoms with Gasteiger partial charge in [0.25, 0.3) is 0 Å². The zero-order valence-corrected chi connectivity index (χ0v) is 11.2. The monoisotopic (exact) mass is 271 g/mol. The van der Waals surface area contributed by atoms with E-state index in [0.29, 0.717) is 18.0 Å². The Morgan fingerprint density at radius 3 is 2.55 bits per heavy atom. The smallest absolute Gasteiger partial charge is 0.323 e. The van der Waals surface area contributed by atoms with Crippen molar-refractivity contribution in [2.24, 2.45) is 5.73 Å². The molecule has 20 heavy (non-hydrogen) atoms. The largest absolute Gasteiger partial charge is 0.495 e. The summed E-state index contributed by atoms with van der Waals surface area (Å²) in [7, 11) is 1.55. The number of amides is 2. The third-order valence-electron chi connectivity index (χ3n) is 2.78. The highest BCUT2D eigenvalue weighted by molar-refractivity contribution is 6.00. The summed E-state index contributed by atoms with van der Waals surface area (Å²) in [4.78, 5) is 11.9. The van der Waals surface area contributed by atoms with Crippen molar-refractivity contribution in [3.05, 3.63) is 54.1 Å². The number of hydrogen-bond donors (Lipinski definition) is 3. The second-order valence-electron chi connectivity index (χ2n) is 4.18. The lowest BCUT2D eigenvalue weighted by atomic mass is 10.2. The highest BCUT2D eigenvalue weighted by atomic mass is 16.5. The van der Waals surface area contributed by atoms with Crippen LogP contribution in [0.4, 0.5) is 16.2 Å². The van der Waals surface area contributed by atoms with Gasteiger partial charge in [-0.25, -0.2) is 4.79 Å². The van der Waals surface area contributed by atoms with Crippen LogP contribution in [0.15, 0.2) is 48.5 Å². The molecule has 0 unspecified atom stereocenters. The fourth-order valence-corrected chi connectivity index (χ4v) is 1.77. The lowest BCUT2D eigenvalue weighted by Crippen LogP contribution is -2.19. The van der Waals surface area contributed by atoms with Gasteiger partial charge in [-0.2, -0.15) is 0 Å². The number of hydrogen-bond acceptors (Lipinski definition) is 3. The second-order valence-corrected chi connectivity index (χ2v) is 4.18. The molecule has 2 rings (SSSR count). The van der Waals surface area contributed by atoms with Crippen LogP contribution in [0.3, 0.4) is 0 Å². The Bertz CT molecular complexity index is 585. The summed E-state index contributed by atoms with van der Waals surface area (Å²) >= 11 is 0. The number of benzene rings is 2. The summed E-state index contributed by atoms with van der Waals surface area (Å²) in [6, 6.07) is 14.3. The maximum Gasteiger partial charge on any atom is 0.323 e. The van der Waals surface area contributed by atoms with Gasteiger partial charge in [-0.15, -0.1) is 0 Å². The Labute approximate surface area is 117 Å². The number of ether oxygens (including phenoxy) is 1. The first-order valence-electron chi connectivity index (χ1n) is 6.23. The first-order chi connectivity index (χ1) is 9.72. The Morgan fingerprint density at radius 1 is 1.15 bits per heavy atom. The minimum Gasteiger partial charge on any atom is -0.495 e. The third-order valence-corrected chi connectivity index (χ3v) is 2.78. The van der Waals surface area contributed by atoms with Gasteiger partial charge in [0.15, 0.2) is 0 Å². The molecule has 2 aromatic carbocycles. The van der Waals surface area contributed by atoms with Gasteiger partial charge in [-0.3, -0.25) is 0 Å². The van der Waals surface area contributed by atoms with Gasteiger partial charge in [0.05, 0.1) is 12.8 Å². The van der Waals surface area contributed by atoms with Crippen LogP contribution in [-0.2, 0) is 6.54 Å². The molecular formula is C15H17N3O2. The molecule has 0 aliphatic heterocycles. The highest BCUT2D eigenvalue weighted by Crippen LogP contribution is 2.25. The first kappa shape index (κ1) is 13.9. The van der Waals surface area contributed by atoms with Crippen LogP contribution in [0.25, 0.3) is 0 Å². The van der Waals surface area contributed by atoms with Crippen molar-refractivity contribution in [2.75, 3.05) is 17.7 Å². The van der Waals surface area contributed by atoms with Crippen molar-refractivity contribution in [3.63, 3.8) is 0 Å². The number of carbonyl (C=O) groups is 1. The molecule has 0 spiro atoms. The fraction of sp³-hybridized carbons (Fsp3) is 0.133. The van der Waals surface area contributed by atoms with Crippen LogP contribution in [0.2, 0.25) is 0 Å². The molecule has 0 aromatic heterocycles. The van der Waals surface area contributed by atoms with E-state index < -0.39 is 0 Å². The molecular weight excluding hydrogens is 254 g/mol. The number of nitrogens with one attached hydrogen (secondary N) is 2. The quantitative estimate of drug-likeness (QED) is 0.800. The predicted octanol–water partition coefficient (Wildman–Crippen LogP) is 2.80. The van der Waals surface area contributed by atoms with E-state index in [0.717, 1.165) is 11.3 Å². The van der Waals surface area contributed by atoms with Crippen LogP contribution >= 0.6 is 0 Å². The summed E-state index contributed by atoms with van der Waals surface area (Å²) in [6.07, 6.45) is 0. The molecule has 5 heteroatoms. The molecule has 0 aliphatic rings. The number of carbonyl (C=O) groups excluding carboxylic acids is 1. The Kier molecular flexibility index (Phi) is 4.57. The normalized spacial score (nSPS) is 9.90. The first-order valence-corrected chi connectivity index (χ1v) is 6.23. The van der Waals surface area contributed by atoms with E-state index in [1.165, 1.54) is 0 Å². The second kappa shape index (κ2) is 6.58. The van der Waals surface area contributed by atoms with Crippen molar-refractivity contribution in [1.29, 1.82) is 0 Å². The molecule has 0 saturated heterocycles. The van der Waals surface area contributed by atoms with Crippen LogP contribution < -0.4 is 21.1 Å². The molecule has 0 atom stereocenters. The van der Waals surface area contributed by atoms with Crippen LogP contribution in [0.1, 0.15) is 5.56 Å². The Balaban J connectivity index is 2.07. The molecule has 4 N–H and O–H groups in total. The molecule has 0 saturated carbocycles. The summed E-state index contributed by atoms with van der Waals surface area (Å²) in [5, 5.41) is 5.49. The Hall–Kier alpha value is -2.53. The summed E-state index contributed by atoms with van der Waals surface area (Å²) in [5.74, 6) is 0.580. The van der Waals surface area contributed by atoms with E-state index >= 15 is 0 Å². The van der Waals surface area contributed by atoms with E-state index in [1.54, 1.807) is 19.2 Å². The molecule has 0 bridgehead atoms. The number of methoxy groups -OCH3 is 1. The summed E-state index contributed by atoms with van der Waals surface area (Å²) < 4.78 is 5.24. The van der Waals surface area contributed by atoms with Crippen LogP contribution in [-0.4, -0.2) is 13.1 Å². The number of rotatable bonds is 4. The van der Waals surface area contributed by atoms with E-state index in [1.807, 2.05) is 36.4 Å². The van der Waals surface area contributed by atoms with Crippen molar-refractivity contribution in [3.8, 4) is 5.75 Å². The molecule has 0 fully saturated rings. The van der Waals surface area contributed by atoms with Crippen LogP contribution in [0, 0.1) is 0 Å². The van der Waals surface area contributed by atoms with Crippen molar-refractivity contribution < 1.29 is 9.53 Å². The van der Waals surface area contributed by atoms with Gasteiger partial charge in [0, 0.05) is 12.2 Å². The fourth-order valence-electron chi connectivity index (χ4n) is 1.77. The summed E-state index contributed by atoms with van der Waals surface area (Å²) in [6.45, 7) is 0.423. The molecule has 104 valence electrons. The maximum atomic E-state index is 11.9. The van der Waals surface area contributed by atoms with Crippen molar-refractivity contribution >= 4 is 17.4 Å². The SMILES string of the molecule is COc1cc(CN)ccc1NC(=O)Nc1ccccc1. The van der Waals surface area contributed by atoms with Gasteiger partial charge in [0.1, 0.15) is 5.75 Å². The third kappa shape index (κ3) is 3.49. The van der Waals surface area contributed by atoms with E-state index in [9.17, 15) is 4.79 Å². The van der Waals surface area contributed by atoms with Gasteiger partial charge >= 0.3 is 6.03 Å². The molecule has 0 radical (unpaired) electrons. The molecule has 5 nitrogen and oxygen atoms in total. The van der Waals surface area contributed by atoms with Crippen molar-refractivity contribution in [1.82, 2.24) is 0 Å². The lowest BCUT2D eigenvalue weighted by molar-refractivity contribution is 0.262. The maximum absolute atomic E-state index is 11.9. The van der Waals surface area contributed by atoms with Gasteiger partial charge in [-0.05, 0) is 29.8 Å². The minimum absolute atomic E-state index is 0.324. The topological polar surface area (TPSA) is 76.4 Å². The highest BCUT2D eigenvalue weighted by Gasteiger charge is 2.08. The van der Waals surface area contributed by atoms with Gasteiger partial charge in [0.2, 0.25) is 0 Å². The predicted molar refractivity (Wildman–Crippen MR) is 80.0 cm³/mol. The zero-order chi connectivity index (χ0) is 14.4. The number of nitrogens with two attached hydrogens (primary N) is 1. The molecule has 0 heterocycles. The van der Waals surface area contributed by atoms with Crippen molar-refractivity contribution in [2.45, 2.75) is 6.54 Å². The number of anilines is 2. The van der Waals surface area contributed by atoms with E-state index in [-0.39, 0.29) is 6.03 Å². The summed E-state index contributed by atoms with van der Waals surface area (Å²) in [5.41, 5.74) is 7.83. The standard InChI is InChI=1S/C15H17N3O2/c1-20-14-9-11(10-16)7-8-13(14)18-15(19)17-12-5-3-2-4-6-12/h2-9H,10,16H2,1H3,(H2,17,18,19). The molecule has 0 aliphatic carbocycles. The zero-order valence-electron chi connectivity index (χ0n) is 11.2. The Morgan fingerprint density at radius 2 is 1.90 bits per heavy atom. The average molecular weight is 271 g/mol. The van der Waals surface area contributed by atoms with Gasteiger partial charge < -0.3 is 21.1 Å². The average Bonchev–Trinajstić information content (AvgIpc) is 2.48. The molecule has 2 amide bonds. The molecule has 2 aromatic rings. The number of urea groups is 1.